The lowest BCUT2D eigenvalue weighted by Crippen LogP contribution is -2.27. The van der Waals surface area contributed by atoms with Crippen molar-refractivity contribution in [3.8, 4) is 0 Å². The van der Waals surface area contributed by atoms with E-state index in [1.165, 1.54) is 6.07 Å². The molecule has 0 heterocycles. The molecule has 1 rings (SSSR count). The van der Waals surface area contributed by atoms with E-state index in [1.807, 2.05) is 0 Å². The van der Waals surface area contributed by atoms with Crippen molar-refractivity contribution in [2.45, 2.75) is 32.8 Å². The van der Waals surface area contributed by atoms with Crippen LogP contribution in [-0.4, -0.2) is 25.3 Å². The lowest BCUT2D eigenvalue weighted by atomic mass is 10.1. The second kappa shape index (κ2) is 6.65. The minimum Gasteiger partial charge on any atom is -0.444 e. The molecule has 4 nitrogen and oxygen atoms in total. The summed E-state index contributed by atoms with van der Waals surface area (Å²) in [6.45, 7) is 5.68. The van der Waals surface area contributed by atoms with Gasteiger partial charge in [-0.2, -0.15) is 0 Å². The average Bonchev–Trinajstić information content (AvgIpc) is 2.30. The number of amides is 1. The molecule has 112 valence electrons. The zero-order valence-electron chi connectivity index (χ0n) is 12.1. The van der Waals surface area contributed by atoms with Crippen LogP contribution in [0, 0.1) is 11.6 Å². The van der Waals surface area contributed by atoms with Crippen molar-refractivity contribution in [2.75, 3.05) is 18.9 Å². The smallest absolute Gasteiger partial charge is 0.412 e. The molecule has 0 spiro atoms. The van der Waals surface area contributed by atoms with E-state index in [2.05, 4.69) is 10.6 Å². The van der Waals surface area contributed by atoms with E-state index in [1.54, 1.807) is 27.8 Å². The quantitative estimate of drug-likeness (QED) is 0.894. The van der Waals surface area contributed by atoms with Gasteiger partial charge in [0.05, 0.1) is 5.69 Å². The van der Waals surface area contributed by atoms with Crippen LogP contribution in [0.3, 0.4) is 0 Å². The predicted octanol–water partition coefficient (Wildman–Crippen LogP) is 3.07. The Morgan fingerprint density at radius 3 is 2.50 bits per heavy atom. The van der Waals surface area contributed by atoms with Crippen LogP contribution in [0.2, 0.25) is 0 Å². The molecule has 0 saturated heterocycles. The summed E-state index contributed by atoms with van der Waals surface area (Å²) >= 11 is 0. The summed E-state index contributed by atoms with van der Waals surface area (Å²) in [5.74, 6) is -2.09. The fourth-order valence-corrected chi connectivity index (χ4v) is 1.56. The molecular formula is C14H20F2N2O2. The normalized spacial score (nSPS) is 11.3. The van der Waals surface area contributed by atoms with E-state index in [9.17, 15) is 13.6 Å². The van der Waals surface area contributed by atoms with Gasteiger partial charge in [-0.1, -0.05) is 0 Å². The topological polar surface area (TPSA) is 50.4 Å². The van der Waals surface area contributed by atoms with Crippen molar-refractivity contribution >= 4 is 11.8 Å². The number of nitrogens with one attached hydrogen (secondary N) is 2. The van der Waals surface area contributed by atoms with Gasteiger partial charge in [0.25, 0.3) is 0 Å². The third-order valence-electron chi connectivity index (χ3n) is 2.39. The minimum atomic E-state index is -1.09. The Bertz CT molecular complexity index is 485. The summed E-state index contributed by atoms with van der Waals surface area (Å²) in [6.07, 6.45) is -0.293. The highest BCUT2D eigenvalue weighted by Gasteiger charge is 2.19. The molecule has 0 aliphatic heterocycles. The van der Waals surface area contributed by atoms with Gasteiger partial charge in [0.2, 0.25) is 0 Å². The summed E-state index contributed by atoms with van der Waals surface area (Å²) in [4.78, 5) is 11.6. The summed E-state index contributed by atoms with van der Waals surface area (Å²) in [6, 6.07) is 2.52. The standard InChI is InChI=1S/C14H20F2N2O2/c1-14(2,3)20-13(19)18-11-8-9(5-6-17-4)7-10(15)12(11)16/h7-8,17H,5-6H2,1-4H3,(H,18,19). The van der Waals surface area contributed by atoms with Gasteiger partial charge >= 0.3 is 6.09 Å². The van der Waals surface area contributed by atoms with E-state index in [-0.39, 0.29) is 5.69 Å². The van der Waals surface area contributed by atoms with Gasteiger partial charge in [0.15, 0.2) is 11.6 Å². The SMILES string of the molecule is CNCCc1cc(F)c(F)c(NC(=O)OC(C)(C)C)c1. The number of halogens is 2. The number of hydrogen-bond donors (Lipinski definition) is 2. The van der Waals surface area contributed by atoms with Crippen LogP contribution in [0.15, 0.2) is 12.1 Å². The van der Waals surface area contributed by atoms with Crippen molar-refractivity contribution in [3.63, 3.8) is 0 Å². The second-order valence-electron chi connectivity index (χ2n) is 5.42. The molecule has 0 aliphatic carbocycles. The van der Waals surface area contributed by atoms with Crippen molar-refractivity contribution < 1.29 is 18.3 Å². The molecule has 1 aromatic rings. The first-order valence-corrected chi connectivity index (χ1v) is 6.35. The van der Waals surface area contributed by atoms with E-state index in [0.717, 1.165) is 6.07 Å². The van der Waals surface area contributed by atoms with Gasteiger partial charge in [-0.05, 0) is 58.5 Å². The van der Waals surface area contributed by atoms with Crippen LogP contribution in [0.4, 0.5) is 19.3 Å². The number of ether oxygens (including phenoxy) is 1. The molecular weight excluding hydrogens is 266 g/mol. The van der Waals surface area contributed by atoms with Crippen LogP contribution >= 0.6 is 0 Å². The molecule has 0 atom stereocenters. The van der Waals surface area contributed by atoms with Gasteiger partial charge in [-0.25, -0.2) is 13.6 Å². The Morgan fingerprint density at radius 1 is 1.30 bits per heavy atom. The fourth-order valence-electron chi connectivity index (χ4n) is 1.56. The summed E-state index contributed by atoms with van der Waals surface area (Å²) in [7, 11) is 1.76. The van der Waals surface area contributed by atoms with Crippen molar-refractivity contribution in [2.24, 2.45) is 0 Å². The van der Waals surface area contributed by atoms with Crippen LogP contribution in [0.5, 0.6) is 0 Å². The second-order valence-corrected chi connectivity index (χ2v) is 5.42. The van der Waals surface area contributed by atoms with Crippen LogP contribution in [0.1, 0.15) is 26.3 Å². The van der Waals surface area contributed by atoms with Gasteiger partial charge in [-0.3, -0.25) is 5.32 Å². The Labute approximate surface area is 117 Å². The van der Waals surface area contributed by atoms with E-state index in [0.29, 0.717) is 18.5 Å². The number of anilines is 1. The first-order valence-electron chi connectivity index (χ1n) is 6.35. The summed E-state index contributed by atoms with van der Waals surface area (Å²) < 4.78 is 32.1. The Kier molecular flexibility index (Phi) is 5.44. The summed E-state index contributed by atoms with van der Waals surface area (Å²) in [5, 5.41) is 5.14. The van der Waals surface area contributed by atoms with E-state index in [4.69, 9.17) is 4.74 Å². The van der Waals surface area contributed by atoms with Crippen molar-refractivity contribution in [1.82, 2.24) is 5.32 Å². The largest absolute Gasteiger partial charge is 0.444 e. The molecule has 0 unspecified atom stereocenters. The highest BCUT2D eigenvalue weighted by molar-refractivity contribution is 5.85. The lowest BCUT2D eigenvalue weighted by Gasteiger charge is -2.20. The molecule has 0 saturated carbocycles. The molecule has 0 aromatic heterocycles. The highest BCUT2D eigenvalue weighted by atomic mass is 19.2. The monoisotopic (exact) mass is 286 g/mol. The van der Waals surface area contributed by atoms with Gasteiger partial charge < -0.3 is 10.1 Å². The predicted molar refractivity (Wildman–Crippen MR) is 73.8 cm³/mol. The molecule has 0 radical (unpaired) electrons. The van der Waals surface area contributed by atoms with Gasteiger partial charge in [0, 0.05) is 0 Å². The zero-order valence-corrected chi connectivity index (χ0v) is 12.1. The van der Waals surface area contributed by atoms with Gasteiger partial charge in [0.1, 0.15) is 5.60 Å². The Hall–Kier alpha value is -1.69. The van der Waals surface area contributed by atoms with Gasteiger partial charge in [-0.15, -0.1) is 0 Å². The Balaban J connectivity index is 2.88. The number of carbonyl (C=O) groups excluding carboxylic acids is 1. The Morgan fingerprint density at radius 2 is 1.95 bits per heavy atom. The first kappa shape index (κ1) is 16.4. The zero-order chi connectivity index (χ0) is 15.3. The number of benzene rings is 1. The maximum absolute atomic E-state index is 13.6. The maximum atomic E-state index is 13.6. The summed E-state index contributed by atoms with van der Waals surface area (Å²) in [5.41, 5.74) is -0.335. The third kappa shape index (κ3) is 5.13. The third-order valence-corrected chi connectivity index (χ3v) is 2.39. The molecule has 0 aliphatic rings. The highest BCUT2D eigenvalue weighted by Crippen LogP contribution is 2.21. The number of hydrogen-bond acceptors (Lipinski definition) is 3. The molecule has 0 fully saturated rings. The molecule has 1 aromatic carbocycles. The number of rotatable bonds is 4. The van der Waals surface area contributed by atoms with Crippen LogP contribution in [-0.2, 0) is 11.2 Å². The number of carbonyl (C=O) groups is 1. The van der Waals surface area contributed by atoms with Crippen molar-refractivity contribution in [1.29, 1.82) is 0 Å². The molecule has 0 bridgehead atoms. The van der Waals surface area contributed by atoms with Crippen molar-refractivity contribution in [3.05, 3.63) is 29.3 Å². The average molecular weight is 286 g/mol. The van der Waals surface area contributed by atoms with E-state index >= 15 is 0 Å². The lowest BCUT2D eigenvalue weighted by molar-refractivity contribution is 0.0635. The molecule has 6 heteroatoms. The maximum Gasteiger partial charge on any atom is 0.412 e. The minimum absolute atomic E-state index is 0.217. The van der Waals surface area contributed by atoms with Crippen LogP contribution < -0.4 is 10.6 Å². The molecule has 20 heavy (non-hydrogen) atoms. The fraction of sp³-hybridized carbons (Fsp3) is 0.500. The molecule has 2 N–H and O–H groups in total. The number of likely N-dealkylation sites (N-methyl/N-ethyl adjacent to an activating group) is 1. The van der Waals surface area contributed by atoms with Crippen LogP contribution in [0.25, 0.3) is 0 Å². The molecule has 1 amide bonds. The van der Waals surface area contributed by atoms with E-state index < -0.39 is 23.3 Å². The first-order chi connectivity index (χ1) is 9.23.